The smallest absolute Gasteiger partial charge is 0.131 e. The fourth-order valence-corrected chi connectivity index (χ4v) is 2.24. The molecule has 1 saturated heterocycles. The molecule has 2 rings (SSSR count). The fourth-order valence-electron chi connectivity index (χ4n) is 2.24. The van der Waals surface area contributed by atoms with Crippen molar-refractivity contribution in [3.05, 3.63) is 23.9 Å². The Morgan fingerprint density at radius 3 is 2.71 bits per heavy atom. The third kappa shape index (κ3) is 3.17. The van der Waals surface area contributed by atoms with E-state index in [1.54, 1.807) is 0 Å². The molecule has 1 unspecified atom stereocenters. The Morgan fingerprint density at radius 2 is 2.06 bits per heavy atom. The first-order valence-electron chi connectivity index (χ1n) is 6.30. The van der Waals surface area contributed by atoms with Crippen LogP contribution in [0.5, 0.6) is 0 Å². The Kier molecular flexibility index (Phi) is 3.97. The molecule has 0 radical (unpaired) electrons. The normalized spacial score (nSPS) is 19.4. The van der Waals surface area contributed by atoms with Gasteiger partial charge >= 0.3 is 0 Å². The number of rotatable bonds is 3. The van der Waals surface area contributed by atoms with E-state index < -0.39 is 0 Å². The van der Waals surface area contributed by atoms with Gasteiger partial charge in [0.05, 0.1) is 0 Å². The Labute approximate surface area is 103 Å². The Bertz CT molecular complexity index is 356. The molecule has 1 fully saturated rings. The molecule has 1 aromatic rings. The summed E-state index contributed by atoms with van der Waals surface area (Å²) < 4.78 is 0. The predicted molar refractivity (Wildman–Crippen MR) is 71.3 cm³/mol. The van der Waals surface area contributed by atoms with Crippen molar-refractivity contribution >= 4 is 5.82 Å². The van der Waals surface area contributed by atoms with Crippen molar-refractivity contribution in [1.29, 1.82) is 0 Å². The number of nitrogens with zero attached hydrogens (tertiary/aromatic N) is 3. The minimum absolute atomic E-state index is 0.186. The quantitative estimate of drug-likeness (QED) is 0.837. The summed E-state index contributed by atoms with van der Waals surface area (Å²) in [5.41, 5.74) is 7.16. The van der Waals surface area contributed by atoms with Crippen LogP contribution in [0.25, 0.3) is 0 Å². The number of piperazine rings is 1. The number of likely N-dealkylation sites (N-methyl/N-ethyl adjacent to an activating group) is 1. The first-order chi connectivity index (χ1) is 8.16. The molecule has 0 bridgehead atoms. The van der Waals surface area contributed by atoms with Crippen molar-refractivity contribution in [3.8, 4) is 0 Å². The minimum Gasteiger partial charge on any atom is -0.354 e. The lowest BCUT2D eigenvalue weighted by atomic mass is 10.1. The number of nitrogens with two attached hydrogens (primary N) is 1. The molecule has 1 aliphatic heterocycles. The van der Waals surface area contributed by atoms with Crippen LogP contribution >= 0.6 is 0 Å². The van der Waals surface area contributed by atoms with Gasteiger partial charge < -0.3 is 15.5 Å². The molecule has 17 heavy (non-hydrogen) atoms. The monoisotopic (exact) mass is 234 g/mol. The van der Waals surface area contributed by atoms with E-state index in [0.29, 0.717) is 0 Å². The lowest BCUT2D eigenvalue weighted by Crippen LogP contribution is -2.45. The summed E-state index contributed by atoms with van der Waals surface area (Å²) >= 11 is 0. The summed E-state index contributed by atoms with van der Waals surface area (Å²) in [5, 5.41) is 0. The number of pyridine rings is 1. The maximum atomic E-state index is 5.89. The van der Waals surface area contributed by atoms with Crippen LogP contribution in [-0.4, -0.2) is 49.2 Å². The summed E-state index contributed by atoms with van der Waals surface area (Å²) in [5.74, 6) is 1.12. The molecule has 1 aliphatic rings. The maximum Gasteiger partial charge on any atom is 0.131 e. The average molecular weight is 234 g/mol. The second kappa shape index (κ2) is 5.47. The Hall–Kier alpha value is -1.13. The van der Waals surface area contributed by atoms with Gasteiger partial charge in [0.2, 0.25) is 0 Å². The van der Waals surface area contributed by atoms with Gasteiger partial charge in [0.1, 0.15) is 5.82 Å². The van der Waals surface area contributed by atoms with E-state index in [-0.39, 0.29) is 6.04 Å². The van der Waals surface area contributed by atoms with Gasteiger partial charge in [-0.25, -0.2) is 4.98 Å². The second-order valence-corrected chi connectivity index (χ2v) is 4.96. The van der Waals surface area contributed by atoms with Crippen molar-refractivity contribution in [2.75, 3.05) is 38.1 Å². The van der Waals surface area contributed by atoms with Gasteiger partial charge in [0.25, 0.3) is 0 Å². The molecular weight excluding hydrogens is 212 g/mol. The van der Waals surface area contributed by atoms with Crippen LogP contribution in [0.1, 0.15) is 12.5 Å². The molecule has 4 heteroatoms. The van der Waals surface area contributed by atoms with E-state index >= 15 is 0 Å². The predicted octanol–water partition coefficient (Wildman–Crippen LogP) is 0.723. The van der Waals surface area contributed by atoms with E-state index in [2.05, 4.69) is 27.9 Å². The lowest BCUT2D eigenvalue weighted by molar-refractivity contribution is 0.311. The molecule has 1 aromatic heterocycles. The van der Waals surface area contributed by atoms with Crippen molar-refractivity contribution in [3.63, 3.8) is 0 Å². The average Bonchev–Trinajstić information content (AvgIpc) is 2.30. The largest absolute Gasteiger partial charge is 0.354 e. The van der Waals surface area contributed by atoms with Gasteiger partial charge in [-0.05, 0) is 32.0 Å². The van der Waals surface area contributed by atoms with E-state index in [9.17, 15) is 0 Å². The highest BCUT2D eigenvalue weighted by Gasteiger charge is 2.18. The molecule has 0 spiro atoms. The van der Waals surface area contributed by atoms with Crippen molar-refractivity contribution in [2.24, 2.45) is 5.73 Å². The zero-order valence-electron chi connectivity index (χ0n) is 10.8. The minimum atomic E-state index is 0.186. The summed E-state index contributed by atoms with van der Waals surface area (Å²) in [6.07, 6.45) is 2.77. The highest BCUT2D eigenvalue weighted by molar-refractivity contribution is 5.47. The van der Waals surface area contributed by atoms with Crippen LogP contribution in [0.15, 0.2) is 18.3 Å². The van der Waals surface area contributed by atoms with Crippen LogP contribution in [-0.2, 0) is 6.42 Å². The number of anilines is 1. The molecule has 0 aromatic carbocycles. The molecule has 0 amide bonds. The van der Waals surface area contributed by atoms with Crippen molar-refractivity contribution in [1.82, 2.24) is 9.88 Å². The molecular formula is C13H22N4. The molecule has 2 N–H and O–H groups in total. The van der Waals surface area contributed by atoms with Crippen LogP contribution < -0.4 is 10.6 Å². The van der Waals surface area contributed by atoms with Gasteiger partial charge in [-0.15, -0.1) is 0 Å². The SMILES string of the molecule is CC(N)Cc1cccnc1N1CCN(C)CC1. The first-order valence-corrected chi connectivity index (χ1v) is 6.30. The van der Waals surface area contributed by atoms with Gasteiger partial charge in [-0.1, -0.05) is 6.07 Å². The topological polar surface area (TPSA) is 45.4 Å². The zero-order chi connectivity index (χ0) is 12.3. The number of hydrogen-bond acceptors (Lipinski definition) is 4. The van der Waals surface area contributed by atoms with Gasteiger partial charge in [-0.2, -0.15) is 0 Å². The molecule has 94 valence electrons. The molecule has 1 atom stereocenters. The lowest BCUT2D eigenvalue weighted by Gasteiger charge is -2.34. The standard InChI is InChI=1S/C13H22N4/c1-11(14)10-12-4-3-5-15-13(12)17-8-6-16(2)7-9-17/h3-5,11H,6-10,14H2,1-2H3. The summed E-state index contributed by atoms with van der Waals surface area (Å²) in [4.78, 5) is 9.26. The van der Waals surface area contributed by atoms with Crippen molar-refractivity contribution < 1.29 is 0 Å². The highest BCUT2D eigenvalue weighted by atomic mass is 15.3. The van der Waals surface area contributed by atoms with Crippen LogP contribution in [0.2, 0.25) is 0 Å². The maximum absolute atomic E-state index is 5.89. The summed E-state index contributed by atoms with van der Waals surface area (Å²) in [6.45, 7) is 6.36. The third-order valence-electron chi connectivity index (χ3n) is 3.21. The van der Waals surface area contributed by atoms with E-state index in [4.69, 9.17) is 5.73 Å². The van der Waals surface area contributed by atoms with E-state index in [0.717, 1.165) is 38.4 Å². The van der Waals surface area contributed by atoms with Crippen LogP contribution in [0.3, 0.4) is 0 Å². The second-order valence-electron chi connectivity index (χ2n) is 4.96. The van der Waals surface area contributed by atoms with E-state index in [1.807, 2.05) is 19.2 Å². The van der Waals surface area contributed by atoms with Crippen LogP contribution in [0.4, 0.5) is 5.82 Å². The Morgan fingerprint density at radius 1 is 1.35 bits per heavy atom. The summed E-state index contributed by atoms with van der Waals surface area (Å²) in [6, 6.07) is 4.33. The molecule has 0 saturated carbocycles. The Balaban J connectivity index is 2.14. The summed E-state index contributed by atoms with van der Waals surface area (Å²) in [7, 11) is 2.17. The third-order valence-corrected chi connectivity index (χ3v) is 3.21. The van der Waals surface area contributed by atoms with Crippen molar-refractivity contribution in [2.45, 2.75) is 19.4 Å². The number of aromatic nitrogens is 1. The fraction of sp³-hybridized carbons (Fsp3) is 0.615. The number of hydrogen-bond donors (Lipinski definition) is 1. The van der Waals surface area contributed by atoms with Crippen LogP contribution in [0, 0.1) is 0 Å². The molecule has 0 aliphatic carbocycles. The van der Waals surface area contributed by atoms with E-state index in [1.165, 1.54) is 5.56 Å². The first kappa shape index (κ1) is 12.3. The highest BCUT2D eigenvalue weighted by Crippen LogP contribution is 2.19. The molecule has 2 heterocycles. The van der Waals surface area contributed by atoms with Gasteiger partial charge in [0.15, 0.2) is 0 Å². The van der Waals surface area contributed by atoms with Gasteiger partial charge in [-0.3, -0.25) is 0 Å². The zero-order valence-corrected chi connectivity index (χ0v) is 10.8. The van der Waals surface area contributed by atoms with Gasteiger partial charge in [0, 0.05) is 38.4 Å². The molecule has 4 nitrogen and oxygen atoms in total.